The highest BCUT2D eigenvalue weighted by molar-refractivity contribution is 5.90. The molecule has 0 aromatic heterocycles. The lowest BCUT2D eigenvalue weighted by Gasteiger charge is -2.39. The smallest absolute Gasteiger partial charge is 0.322 e. The standard InChI is InChI=1S/C36H54N6O2/c1-39(2)31-20-16-29(17-21-31)37-35(43)41(33-12-5-6-13-33)25-27-10-9-11-28(24-27)26-42(34-14-7-8-15-34)36(44)38-30-18-22-32(23-19-30)40(3)4/h16-23,27-28,33-34H,5-15,24-26H2,1-4H3,(H,37,43)(H,38,44)/t27-,28-/m0/s1. The molecule has 0 spiro atoms. The SMILES string of the molecule is CN(C)c1ccc(NC(=O)N(C[C@H]2CCC[C@H](CN(C(=O)Nc3ccc(N(C)C)cc3)C3CCCC3)C2)C2CCCC2)cc1. The van der Waals surface area contributed by atoms with Crippen molar-refractivity contribution in [2.24, 2.45) is 11.8 Å². The highest BCUT2D eigenvalue weighted by Crippen LogP contribution is 2.35. The zero-order valence-electron chi connectivity index (χ0n) is 27.4. The number of nitrogens with zero attached hydrogens (tertiary/aromatic N) is 4. The molecule has 8 heteroatoms. The van der Waals surface area contributed by atoms with Crippen LogP contribution in [-0.4, -0.2) is 75.2 Å². The second kappa shape index (κ2) is 15.0. The Labute approximate surface area is 265 Å². The van der Waals surface area contributed by atoms with Gasteiger partial charge < -0.3 is 30.2 Å². The van der Waals surface area contributed by atoms with Crippen LogP contribution < -0.4 is 20.4 Å². The van der Waals surface area contributed by atoms with Crippen molar-refractivity contribution in [3.63, 3.8) is 0 Å². The van der Waals surface area contributed by atoms with Crippen LogP contribution in [0.4, 0.5) is 32.3 Å². The van der Waals surface area contributed by atoms with Gasteiger partial charge in [0.25, 0.3) is 0 Å². The predicted molar refractivity (Wildman–Crippen MR) is 183 cm³/mol. The van der Waals surface area contributed by atoms with Crippen LogP contribution in [-0.2, 0) is 0 Å². The predicted octanol–water partition coefficient (Wildman–Crippen LogP) is 7.88. The van der Waals surface area contributed by atoms with Gasteiger partial charge in [0.15, 0.2) is 0 Å². The normalized spacial score (nSPS) is 20.7. The second-order valence-electron chi connectivity index (χ2n) is 13.8. The Bertz CT molecular complexity index is 1110. The Morgan fingerprint density at radius 3 is 1.27 bits per heavy atom. The van der Waals surface area contributed by atoms with E-state index in [9.17, 15) is 9.59 Å². The molecule has 4 amide bonds. The van der Waals surface area contributed by atoms with E-state index in [-0.39, 0.29) is 12.1 Å². The van der Waals surface area contributed by atoms with Crippen LogP contribution in [0, 0.1) is 11.8 Å². The van der Waals surface area contributed by atoms with E-state index in [1.165, 1.54) is 25.7 Å². The van der Waals surface area contributed by atoms with Gasteiger partial charge in [-0.25, -0.2) is 9.59 Å². The molecule has 3 fully saturated rings. The lowest BCUT2D eigenvalue weighted by Crippen LogP contribution is -2.47. The summed E-state index contributed by atoms with van der Waals surface area (Å²) < 4.78 is 0. The van der Waals surface area contributed by atoms with Crippen molar-refractivity contribution >= 4 is 34.8 Å². The van der Waals surface area contributed by atoms with Gasteiger partial charge in [-0.15, -0.1) is 0 Å². The maximum atomic E-state index is 13.7. The molecule has 0 unspecified atom stereocenters. The zero-order valence-corrected chi connectivity index (χ0v) is 27.4. The summed E-state index contributed by atoms with van der Waals surface area (Å²) in [5, 5.41) is 6.41. The molecule has 0 bridgehead atoms. The molecule has 3 aliphatic rings. The van der Waals surface area contributed by atoms with Crippen LogP contribution >= 0.6 is 0 Å². The number of rotatable bonds is 10. The average Bonchev–Trinajstić information content (AvgIpc) is 3.75. The minimum absolute atomic E-state index is 0.0314. The first-order chi connectivity index (χ1) is 21.3. The van der Waals surface area contributed by atoms with E-state index < -0.39 is 0 Å². The summed E-state index contributed by atoms with van der Waals surface area (Å²) >= 11 is 0. The largest absolute Gasteiger partial charge is 0.378 e. The van der Waals surface area contributed by atoms with Crippen molar-refractivity contribution in [2.45, 2.75) is 89.1 Å². The Morgan fingerprint density at radius 1 is 0.568 bits per heavy atom. The van der Waals surface area contributed by atoms with Gasteiger partial charge in [0, 0.05) is 76.1 Å². The van der Waals surface area contributed by atoms with Crippen LogP contribution in [0.1, 0.15) is 77.0 Å². The van der Waals surface area contributed by atoms with Gasteiger partial charge in [-0.3, -0.25) is 0 Å². The fourth-order valence-corrected chi connectivity index (χ4v) is 7.59. The zero-order chi connectivity index (χ0) is 31.1. The molecule has 0 radical (unpaired) electrons. The Hall–Kier alpha value is -3.42. The summed E-state index contributed by atoms with van der Waals surface area (Å²) in [6.45, 7) is 1.60. The third-order valence-corrected chi connectivity index (χ3v) is 10.1. The lowest BCUT2D eigenvalue weighted by atomic mass is 9.80. The number of urea groups is 2. The maximum Gasteiger partial charge on any atom is 0.322 e. The van der Waals surface area contributed by atoms with E-state index >= 15 is 0 Å². The third-order valence-electron chi connectivity index (χ3n) is 10.1. The highest BCUT2D eigenvalue weighted by Gasteiger charge is 2.34. The molecular formula is C36H54N6O2. The van der Waals surface area contributed by atoms with Gasteiger partial charge in [0.2, 0.25) is 0 Å². The fourth-order valence-electron chi connectivity index (χ4n) is 7.59. The fraction of sp³-hybridized carbons (Fsp3) is 0.611. The van der Waals surface area contributed by atoms with E-state index in [1.54, 1.807) is 0 Å². The van der Waals surface area contributed by atoms with Gasteiger partial charge in [0.05, 0.1) is 0 Å². The quantitative estimate of drug-likeness (QED) is 0.290. The molecule has 44 heavy (non-hydrogen) atoms. The summed E-state index contributed by atoms with van der Waals surface area (Å²) in [7, 11) is 8.10. The van der Waals surface area contributed by atoms with Gasteiger partial charge in [-0.2, -0.15) is 0 Å². The van der Waals surface area contributed by atoms with Crippen molar-refractivity contribution in [1.82, 2.24) is 9.80 Å². The summed E-state index contributed by atoms with van der Waals surface area (Å²) in [5.41, 5.74) is 3.93. The van der Waals surface area contributed by atoms with E-state index in [1.807, 2.05) is 76.7 Å². The van der Waals surface area contributed by atoms with Crippen molar-refractivity contribution in [2.75, 3.05) is 61.7 Å². The van der Waals surface area contributed by atoms with E-state index in [0.29, 0.717) is 23.9 Å². The Morgan fingerprint density at radius 2 is 0.932 bits per heavy atom. The molecule has 0 aliphatic heterocycles. The Balaban J connectivity index is 1.22. The molecular weight excluding hydrogens is 548 g/mol. The molecule has 2 aromatic carbocycles. The molecule has 0 heterocycles. The first kappa shape index (κ1) is 32.0. The van der Waals surface area contributed by atoms with Gasteiger partial charge in [0.1, 0.15) is 0 Å². The van der Waals surface area contributed by atoms with Crippen molar-refractivity contribution in [3.05, 3.63) is 48.5 Å². The topological polar surface area (TPSA) is 71.2 Å². The molecule has 3 aliphatic carbocycles. The van der Waals surface area contributed by atoms with Crippen LogP contribution in [0.3, 0.4) is 0 Å². The summed E-state index contributed by atoms with van der Waals surface area (Å²) in [6.07, 6.45) is 13.7. The van der Waals surface area contributed by atoms with Crippen LogP contribution in [0.25, 0.3) is 0 Å². The second-order valence-corrected chi connectivity index (χ2v) is 13.8. The highest BCUT2D eigenvalue weighted by atomic mass is 16.2. The lowest BCUT2D eigenvalue weighted by molar-refractivity contribution is 0.128. The molecule has 0 saturated heterocycles. The van der Waals surface area contributed by atoms with Crippen LogP contribution in [0.15, 0.2) is 48.5 Å². The van der Waals surface area contributed by atoms with E-state index in [0.717, 1.165) is 87.2 Å². The molecule has 2 aromatic rings. The molecule has 8 nitrogen and oxygen atoms in total. The molecule has 2 N–H and O–H groups in total. The van der Waals surface area contributed by atoms with Crippen LogP contribution in [0.5, 0.6) is 0 Å². The number of carbonyl (C=O) groups excluding carboxylic acids is 2. The number of hydrogen-bond acceptors (Lipinski definition) is 4. The molecule has 3 saturated carbocycles. The molecule has 5 rings (SSSR count). The minimum Gasteiger partial charge on any atom is -0.378 e. The average molecular weight is 603 g/mol. The number of hydrogen-bond donors (Lipinski definition) is 2. The van der Waals surface area contributed by atoms with E-state index in [2.05, 4.69) is 30.2 Å². The number of benzene rings is 2. The summed E-state index contributed by atoms with van der Waals surface area (Å²) in [4.78, 5) is 35.8. The Kier molecular flexibility index (Phi) is 10.9. The third kappa shape index (κ3) is 8.39. The number of amides is 4. The van der Waals surface area contributed by atoms with Crippen molar-refractivity contribution in [1.29, 1.82) is 0 Å². The van der Waals surface area contributed by atoms with E-state index in [4.69, 9.17) is 0 Å². The van der Waals surface area contributed by atoms with Gasteiger partial charge in [-0.05, 0) is 105 Å². The molecule has 2 atom stereocenters. The minimum atomic E-state index is 0.0314. The number of nitrogens with one attached hydrogen (secondary N) is 2. The summed E-state index contributed by atoms with van der Waals surface area (Å²) in [6, 6.07) is 16.9. The maximum absolute atomic E-state index is 13.7. The first-order valence-electron chi connectivity index (χ1n) is 17.0. The molecule has 240 valence electrons. The van der Waals surface area contributed by atoms with Gasteiger partial charge >= 0.3 is 12.1 Å². The van der Waals surface area contributed by atoms with Crippen LogP contribution in [0.2, 0.25) is 0 Å². The number of anilines is 4. The van der Waals surface area contributed by atoms with Crippen molar-refractivity contribution < 1.29 is 9.59 Å². The monoisotopic (exact) mass is 602 g/mol. The summed E-state index contributed by atoms with van der Waals surface area (Å²) in [5.74, 6) is 0.923. The number of carbonyl (C=O) groups is 2. The van der Waals surface area contributed by atoms with Gasteiger partial charge in [-0.1, -0.05) is 32.1 Å². The van der Waals surface area contributed by atoms with Crippen molar-refractivity contribution in [3.8, 4) is 0 Å². The first-order valence-corrected chi connectivity index (χ1v) is 17.0.